The summed E-state index contributed by atoms with van der Waals surface area (Å²) in [6.45, 7) is 5.79. The van der Waals surface area contributed by atoms with Gasteiger partial charge in [-0.2, -0.15) is 4.80 Å². The van der Waals surface area contributed by atoms with Gasteiger partial charge in [0.1, 0.15) is 11.6 Å². The molecule has 32 heavy (non-hydrogen) atoms. The summed E-state index contributed by atoms with van der Waals surface area (Å²) in [5, 5.41) is 12.4. The highest BCUT2D eigenvalue weighted by Crippen LogP contribution is 2.32. The van der Waals surface area contributed by atoms with Crippen molar-refractivity contribution in [3.05, 3.63) is 70.6 Å². The number of hydrogen-bond donors (Lipinski definition) is 0. The minimum atomic E-state index is -0.863. The van der Waals surface area contributed by atoms with Gasteiger partial charge in [-0.25, -0.2) is 8.78 Å². The van der Waals surface area contributed by atoms with Crippen LogP contribution >= 0.6 is 0 Å². The Kier molecular flexibility index (Phi) is 6.07. The van der Waals surface area contributed by atoms with Crippen molar-refractivity contribution in [2.45, 2.75) is 26.7 Å². The summed E-state index contributed by atoms with van der Waals surface area (Å²) in [5.74, 6) is -1.05. The van der Waals surface area contributed by atoms with Crippen LogP contribution in [0.5, 0.6) is 0 Å². The van der Waals surface area contributed by atoms with Gasteiger partial charge in [-0.05, 0) is 46.9 Å². The number of halogens is 2. The zero-order chi connectivity index (χ0) is 22.8. The van der Waals surface area contributed by atoms with E-state index >= 15 is 0 Å². The van der Waals surface area contributed by atoms with Crippen molar-refractivity contribution in [3.63, 3.8) is 0 Å². The number of nitrogens with zero attached hydrogens (tertiary/aromatic N) is 6. The summed E-state index contributed by atoms with van der Waals surface area (Å²) in [6.07, 6.45) is 2.57. The van der Waals surface area contributed by atoms with E-state index in [0.29, 0.717) is 30.2 Å². The van der Waals surface area contributed by atoms with Crippen molar-refractivity contribution in [2.75, 3.05) is 18.0 Å². The van der Waals surface area contributed by atoms with Gasteiger partial charge in [-0.3, -0.25) is 9.78 Å². The molecule has 0 amide bonds. The first-order valence-corrected chi connectivity index (χ1v) is 10.5. The normalized spacial score (nSPS) is 14.4. The number of ketones is 1. The molecule has 0 spiro atoms. The fourth-order valence-electron chi connectivity index (χ4n) is 3.95. The largest absolute Gasteiger partial charge is 0.334 e. The van der Waals surface area contributed by atoms with Crippen LogP contribution in [0.4, 0.5) is 14.7 Å². The maximum Gasteiger partial charge on any atom is 0.266 e. The Morgan fingerprint density at radius 1 is 1.19 bits per heavy atom. The number of pyridine rings is 1. The second-order valence-corrected chi connectivity index (χ2v) is 8.17. The van der Waals surface area contributed by atoms with Crippen molar-refractivity contribution in [1.29, 1.82) is 0 Å². The molecule has 3 heterocycles. The van der Waals surface area contributed by atoms with Crippen LogP contribution in [0.1, 0.15) is 41.9 Å². The maximum absolute atomic E-state index is 13.9. The summed E-state index contributed by atoms with van der Waals surface area (Å²) >= 11 is 0. The Labute approximate surface area is 184 Å². The lowest BCUT2D eigenvalue weighted by atomic mass is 9.88. The summed E-state index contributed by atoms with van der Waals surface area (Å²) in [6, 6.07) is 6.66. The Bertz CT molecular complexity index is 1170. The third kappa shape index (κ3) is 4.56. The van der Waals surface area contributed by atoms with Gasteiger partial charge in [0.05, 0.1) is 19.0 Å². The topological polar surface area (TPSA) is 76.8 Å². The minimum Gasteiger partial charge on any atom is -0.334 e. The maximum atomic E-state index is 13.9. The lowest BCUT2D eigenvalue weighted by molar-refractivity contribution is 0.0988. The number of carbonyl (C=O) groups is 1. The first kappa shape index (κ1) is 21.7. The van der Waals surface area contributed by atoms with E-state index in [1.165, 1.54) is 10.4 Å². The highest BCUT2D eigenvalue weighted by Gasteiger charge is 2.24. The van der Waals surface area contributed by atoms with Gasteiger partial charge in [0.25, 0.3) is 5.95 Å². The molecule has 1 aliphatic heterocycles. The molecule has 1 aliphatic rings. The molecule has 0 saturated carbocycles. The molecule has 9 heteroatoms. The highest BCUT2D eigenvalue weighted by molar-refractivity contribution is 5.97. The van der Waals surface area contributed by atoms with Gasteiger partial charge in [0.2, 0.25) is 0 Å². The zero-order valence-corrected chi connectivity index (χ0v) is 18.2. The SMILES string of the molecule is CC(C)C1=C(c2ccc(CC(=O)c3ccc(F)cc3F)nc2)CN(c2nnn(C)n2)CC1. The van der Waals surface area contributed by atoms with E-state index in [0.717, 1.165) is 36.2 Å². The van der Waals surface area contributed by atoms with Crippen LogP contribution < -0.4 is 4.90 Å². The highest BCUT2D eigenvalue weighted by atomic mass is 19.1. The van der Waals surface area contributed by atoms with E-state index in [1.54, 1.807) is 19.3 Å². The van der Waals surface area contributed by atoms with Crippen LogP contribution in [0.3, 0.4) is 0 Å². The molecule has 0 radical (unpaired) electrons. The molecule has 0 atom stereocenters. The molecule has 7 nitrogen and oxygen atoms in total. The Morgan fingerprint density at radius 3 is 2.62 bits per heavy atom. The molecular weight excluding hydrogens is 414 g/mol. The fraction of sp³-hybridized carbons (Fsp3) is 0.348. The van der Waals surface area contributed by atoms with Gasteiger partial charge in [-0.15, -0.1) is 5.10 Å². The van der Waals surface area contributed by atoms with Crippen molar-refractivity contribution in [1.82, 2.24) is 25.2 Å². The van der Waals surface area contributed by atoms with Crippen molar-refractivity contribution in [3.8, 4) is 0 Å². The van der Waals surface area contributed by atoms with E-state index in [-0.39, 0.29) is 12.0 Å². The van der Waals surface area contributed by atoms with E-state index < -0.39 is 17.4 Å². The number of aryl methyl sites for hydroxylation is 1. The summed E-state index contributed by atoms with van der Waals surface area (Å²) in [7, 11) is 1.73. The number of anilines is 1. The molecule has 0 fully saturated rings. The average molecular weight is 438 g/mol. The van der Waals surface area contributed by atoms with Crippen LogP contribution in [0, 0.1) is 17.6 Å². The van der Waals surface area contributed by atoms with E-state index in [9.17, 15) is 13.6 Å². The smallest absolute Gasteiger partial charge is 0.266 e. The first-order valence-electron chi connectivity index (χ1n) is 10.5. The number of hydrogen-bond acceptors (Lipinski definition) is 6. The second kappa shape index (κ2) is 8.94. The second-order valence-electron chi connectivity index (χ2n) is 8.17. The lowest BCUT2D eigenvalue weighted by Gasteiger charge is -2.31. The average Bonchev–Trinajstić information content (AvgIpc) is 3.20. The van der Waals surface area contributed by atoms with Crippen LogP contribution in [0.2, 0.25) is 0 Å². The van der Waals surface area contributed by atoms with Gasteiger partial charge >= 0.3 is 0 Å². The molecule has 0 N–H and O–H groups in total. The summed E-state index contributed by atoms with van der Waals surface area (Å²) in [5.41, 5.74) is 3.86. The quantitative estimate of drug-likeness (QED) is 0.547. The molecule has 3 aromatic rings. The third-order valence-electron chi connectivity index (χ3n) is 5.61. The number of tetrazole rings is 1. The van der Waals surface area contributed by atoms with Crippen LogP contribution in [-0.4, -0.2) is 44.1 Å². The molecule has 0 aliphatic carbocycles. The summed E-state index contributed by atoms with van der Waals surface area (Å²) in [4.78, 5) is 20.4. The Hall–Kier alpha value is -3.49. The number of benzene rings is 1. The minimum absolute atomic E-state index is 0.0609. The van der Waals surface area contributed by atoms with Gasteiger partial charge in [-0.1, -0.05) is 30.6 Å². The van der Waals surface area contributed by atoms with Crippen molar-refractivity contribution >= 4 is 17.3 Å². The van der Waals surface area contributed by atoms with Crippen molar-refractivity contribution < 1.29 is 13.6 Å². The number of carbonyl (C=O) groups excluding carboxylic acids is 1. The Morgan fingerprint density at radius 2 is 2.00 bits per heavy atom. The van der Waals surface area contributed by atoms with E-state index in [4.69, 9.17) is 0 Å². The van der Waals surface area contributed by atoms with Crippen LogP contribution in [-0.2, 0) is 13.5 Å². The molecular formula is C23H24F2N6O. The standard InChI is InChI=1S/C23H24F2N6O/c1-14(2)18-8-9-31(23-27-29-30(3)28-23)13-20(18)15-4-6-17(26-12-15)11-22(32)19-7-5-16(24)10-21(19)25/h4-7,10,12,14H,8-9,11,13H2,1-3H3. The molecule has 0 unspecified atom stereocenters. The summed E-state index contributed by atoms with van der Waals surface area (Å²) < 4.78 is 27.0. The van der Waals surface area contributed by atoms with Gasteiger partial charge in [0, 0.05) is 31.0 Å². The lowest BCUT2D eigenvalue weighted by Crippen LogP contribution is -2.33. The number of rotatable bonds is 6. The predicted octanol–water partition coefficient (Wildman–Crippen LogP) is 3.63. The van der Waals surface area contributed by atoms with Crippen molar-refractivity contribution in [2.24, 2.45) is 13.0 Å². The molecule has 4 rings (SSSR count). The third-order valence-corrected chi connectivity index (χ3v) is 5.61. The fourth-order valence-corrected chi connectivity index (χ4v) is 3.95. The van der Waals surface area contributed by atoms with E-state index in [2.05, 4.69) is 39.1 Å². The predicted molar refractivity (Wildman–Crippen MR) is 116 cm³/mol. The van der Waals surface area contributed by atoms with Crippen LogP contribution in [0.15, 0.2) is 42.1 Å². The van der Waals surface area contributed by atoms with Gasteiger partial charge < -0.3 is 4.90 Å². The zero-order valence-electron chi connectivity index (χ0n) is 18.2. The van der Waals surface area contributed by atoms with Crippen LogP contribution in [0.25, 0.3) is 5.57 Å². The number of aromatic nitrogens is 5. The molecule has 166 valence electrons. The molecule has 1 aromatic carbocycles. The molecule has 0 bridgehead atoms. The first-order chi connectivity index (χ1) is 15.3. The molecule has 0 saturated heterocycles. The molecule has 2 aromatic heterocycles. The van der Waals surface area contributed by atoms with Gasteiger partial charge in [0.15, 0.2) is 5.78 Å². The Balaban J connectivity index is 1.55. The number of Topliss-reactive ketones (excluding diaryl/α,β-unsaturated/α-hetero) is 1. The monoisotopic (exact) mass is 438 g/mol. The van der Waals surface area contributed by atoms with E-state index in [1.807, 2.05) is 6.07 Å².